The summed E-state index contributed by atoms with van der Waals surface area (Å²) in [6, 6.07) is 7.43. The summed E-state index contributed by atoms with van der Waals surface area (Å²) < 4.78 is 10.7. The second kappa shape index (κ2) is 7.58. The summed E-state index contributed by atoms with van der Waals surface area (Å²) in [6.07, 6.45) is 7.04. The highest BCUT2D eigenvalue weighted by Crippen LogP contribution is 2.20. The minimum absolute atomic E-state index is 0.0933. The highest BCUT2D eigenvalue weighted by Gasteiger charge is 2.13. The zero-order valence-corrected chi connectivity index (χ0v) is 11.8. The first-order chi connectivity index (χ1) is 9.78. The molecule has 1 aliphatic carbocycles. The lowest BCUT2D eigenvalue weighted by Gasteiger charge is -2.10. The SMILES string of the molecule is COc1cccc(OCCNC(=O)CC2C=CCC2)c1. The average molecular weight is 275 g/mol. The van der Waals surface area contributed by atoms with Crippen LogP contribution in [-0.4, -0.2) is 26.2 Å². The first-order valence-electron chi connectivity index (χ1n) is 6.98. The van der Waals surface area contributed by atoms with E-state index in [4.69, 9.17) is 9.47 Å². The van der Waals surface area contributed by atoms with Gasteiger partial charge in [-0.25, -0.2) is 0 Å². The number of ether oxygens (including phenoxy) is 2. The largest absolute Gasteiger partial charge is 0.497 e. The normalized spacial score (nSPS) is 16.9. The number of amides is 1. The van der Waals surface area contributed by atoms with Crippen LogP contribution in [0.1, 0.15) is 19.3 Å². The summed E-state index contributed by atoms with van der Waals surface area (Å²) in [7, 11) is 1.62. The molecule has 1 aromatic rings. The fourth-order valence-corrected chi connectivity index (χ4v) is 2.23. The van der Waals surface area contributed by atoms with Gasteiger partial charge >= 0.3 is 0 Å². The fraction of sp³-hybridized carbons (Fsp3) is 0.438. The molecule has 4 nitrogen and oxygen atoms in total. The van der Waals surface area contributed by atoms with Crippen molar-refractivity contribution in [2.45, 2.75) is 19.3 Å². The fourth-order valence-electron chi connectivity index (χ4n) is 2.23. The highest BCUT2D eigenvalue weighted by atomic mass is 16.5. The van der Waals surface area contributed by atoms with Crippen LogP contribution in [0.15, 0.2) is 36.4 Å². The maximum atomic E-state index is 11.7. The average Bonchev–Trinajstić information content (AvgIpc) is 2.97. The summed E-state index contributed by atoms with van der Waals surface area (Å²) in [5.41, 5.74) is 0. The second-order valence-electron chi connectivity index (χ2n) is 4.85. The number of carbonyl (C=O) groups excluding carboxylic acids is 1. The monoisotopic (exact) mass is 275 g/mol. The molecule has 2 rings (SSSR count). The van der Waals surface area contributed by atoms with Crippen LogP contribution in [0.2, 0.25) is 0 Å². The Hall–Kier alpha value is -1.97. The lowest BCUT2D eigenvalue weighted by atomic mass is 10.1. The summed E-state index contributed by atoms with van der Waals surface area (Å²) in [5, 5.41) is 2.88. The van der Waals surface area contributed by atoms with Gasteiger partial charge in [-0.15, -0.1) is 0 Å². The van der Waals surface area contributed by atoms with E-state index in [1.807, 2.05) is 24.3 Å². The third kappa shape index (κ3) is 4.61. The van der Waals surface area contributed by atoms with Gasteiger partial charge < -0.3 is 14.8 Å². The molecule has 1 aliphatic rings. The van der Waals surface area contributed by atoms with Gasteiger partial charge in [0.2, 0.25) is 5.91 Å². The molecular weight excluding hydrogens is 254 g/mol. The lowest BCUT2D eigenvalue weighted by molar-refractivity contribution is -0.121. The summed E-state index contributed by atoms with van der Waals surface area (Å²) in [4.78, 5) is 11.7. The number of allylic oxidation sites excluding steroid dienone is 2. The van der Waals surface area contributed by atoms with Crippen molar-refractivity contribution >= 4 is 5.91 Å². The van der Waals surface area contributed by atoms with Gasteiger partial charge in [-0.05, 0) is 30.9 Å². The number of methoxy groups -OCH3 is 1. The molecule has 1 aromatic carbocycles. The van der Waals surface area contributed by atoms with Crippen molar-refractivity contribution in [3.8, 4) is 11.5 Å². The topological polar surface area (TPSA) is 47.6 Å². The first-order valence-corrected chi connectivity index (χ1v) is 6.98. The van der Waals surface area contributed by atoms with Crippen LogP contribution in [0.3, 0.4) is 0 Å². The molecule has 20 heavy (non-hydrogen) atoms. The maximum Gasteiger partial charge on any atom is 0.220 e. The van der Waals surface area contributed by atoms with Gasteiger partial charge in [0, 0.05) is 12.5 Å². The molecule has 0 saturated carbocycles. The standard InChI is InChI=1S/C16H21NO3/c1-19-14-7-4-8-15(12-14)20-10-9-17-16(18)11-13-5-2-3-6-13/h2,4-5,7-8,12-13H,3,6,9-11H2,1H3,(H,17,18). The molecule has 1 atom stereocenters. The van der Waals surface area contributed by atoms with Crippen molar-refractivity contribution in [1.29, 1.82) is 0 Å². The van der Waals surface area contributed by atoms with Crippen molar-refractivity contribution in [2.24, 2.45) is 5.92 Å². The molecule has 4 heteroatoms. The van der Waals surface area contributed by atoms with E-state index in [0.717, 1.165) is 24.3 Å². The van der Waals surface area contributed by atoms with Gasteiger partial charge in [-0.3, -0.25) is 4.79 Å². The van der Waals surface area contributed by atoms with Gasteiger partial charge in [0.1, 0.15) is 18.1 Å². The van der Waals surface area contributed by atoms with Crippen molar-refractivity contribution in [2.75, 3.05) is 20.3 Å². The Morgan fingerprint density at radius 2 is 2.25 bits per heavy atom. The van der Waals surface area contributed by atoms with Crippen molar-refractivity contribution < 1.29 is 14.3 Å². The molecule has 0 radical (unpaired) electrons. The predicted molar refractivity (Wildman–Crippen MR) is 78.0 cm³/mol. The van der Waals surface area contributed by atoms with E-state index in [1.165, 1.54) is 0 Å². The van der Waals surface area contributed by atoms with Gasteiger partial charge in [0.25, 0.3) is 0 Å². The Labute approximate surface area is 119 Å². The van der Waals surface area contributed by atoms with Crippen LogP contribution in [0.25, 0.3) is 0 Å². The van der Waals surface area contributed by atoms with E-state index in [2.05, 4.69) is 17.5 Å². The number of hydrogen-bond acceptors (Lipinski definition) is 3. The Morgan fingerprint density at radius 1 is 1.40 bits per heavy atom. The molecule has 108 valence electrons. The molecule has 0 fully saturated rings. The van der Waals surface area contributed by atoms with Crippen molar-refractivity contribution in [3.05, 3.63) is 36.4 Å². The molecule has 0 aliphatic heterocycles. The molecule has 0 bridgehead atoms. The molecule has 1 unspecified atom stereocenters. The smallest absolute Gasteiger partial charge is 0.220 e. The number of nitrogens with one attached hydrogen (secondary N) is 1. The lowest BCUT2D eigenvalue weighted by Crippen LogP contribution is -2.29. The Balaban J connectivity index is 1.63. The summed E-state index contributed by atoms with van der Waals surface area (Å²) >= 11 is 0. The third-order valence-corrected chi connectivity index (χ3v) is 3.29. The molecule has 0 spiro atoms. The van der Waals surface area contributed by atoms with Crippen LogP contribution in [0, 0.1) is 5.92 Å². The van der Waals surface area contributed by atoms with Gasteiger partial charge in [0.05, 0.1) is 13.7 Å². The molecule has 0 aromatic heterocycles. The number of hydrogen-bond donors (Lipinski definition) is 1. The van der Waals surface area contributed by atoms with Crippen LogP contribution < -0.4 is 14.8 Å². The van der Waals surface area contributed by atoms with E-state index in [0.29, 0.717) is 25.5 Å². The Bertz CT molecular complexity index is 471. The first kappa shape index (κ1) is 14.4. The molecule has 0 heterocycles. The predicted octanol–water partition coefficient (Wildman–Crippen LogP) is 2.55. The highest BCUT2D eigenvalue weighted by molar-refractivity contribution is 5.76. The van der Waals surface area contributed by atoms with Crippen LogP contribution in [0.5, 0.6) is 11.5 Å². The Kier molecular flexibility index (Phi) is 5.47. The zero-order valence-electron chi connectivity index (χ0n) is 11.8. The van der Waals surface area contributed by atoms with E-state index in [-0.39, 0.29) is 5.91 Å². The molecule has 1 N–H and O–H groups in total. The van der Waals surface area contributed by atoms with E-state index in [1.54, 1.807) is 7.11 Å². The van der Waals surface area contributed by atoms with E-state index in [9.17, 15) is 4.79 Å². The van der Waals surface area contributed by atoms with Crippen molar-refractivity contribution in [3.63, 3.8) is 0 Å². The van der Waals surface area contributed by atoms with E-state index >= 15 is 0 Å². The molecule has 1 amide bonds. The van der Waals surface area contributed by atoms with Crippen LogP contribution >= 0.6 is 0 Å². The van der Waals surface area contributed by atoms with Crippen molar-refractivity contribution in [1.82, 2.24) is 5.32 Å². The minimum atomic E-state index is 0.0933. The summed E-state index contributed by atoms with van der Waals surface area (Å²) in [6.45, 7) is 0.978. The van der Waals surface area contributed by atoms with Crippen LogP contribution in [0.4, 0.5) is 0 Å². The van der Waals surface area contributed by atoms with Gasteiger partial charge in [-0.2, -0.15) is 0 Å². The minimum Gasteiger partial charge on any atom is -0.497 e. The van der Waals surface area contributed by atoms with E-state index < -0.39 is 0 Å². The van der Waals surface area contributed by atoms with Gasteiger partial charge in [-0.1, -0.05) is 18.2 Å². The number of carbonyl (C=O) groups is 1. The maximum absolute atomic E-state index is 11.7. The zero-order chi connectivity index (χ0) is 14.2. The second-order valence-corrected chi connectivity index (χ2v) is 4.85. The van der Waals surface area contributed by atoms with Gasteiger partial charge in [0.15, 0.2) is 0 Å². The number of benzene rings is 1. The molecule has 0 saturated heterocycles. The summed E-state index contributed by atoms with van der Waals surface area (Å²) in [5.74, 6) is 2.02. The quantitative estimate of drug-likeness (QED) is 0.614. The third-order valence-electron chi connectivity index (χ3n) is 3.29. The number of rotatable bonds is 7. The van der Waals surface area contributed by atoms with Crippen LogP contribution in [-0.2, 0) is 4.79 Å². The Morgan fingerprint density at radius 3 is 3.00 bits per heavy atom. The molecular formula is C16H21NO3.